The number of benzene rings is 1. The number of nitrogens with one attached hydrogen (secondary N) is 1. The van der Waals surface area contributed by atoms with Crippen molar-refractivity contribution >= 4 is 5.91 Å². The van der Waals surface area contributed by atoms with E-state index in [2.05, 4.69) is 10.2 Å². The highest BCUT2D eigenvalue weighted by molar-refractivity contribution is 5.94. The molecule has 1 aromatic rings. The number of amides is 1. The highest BCUT2D eigenvalue weighted by atomic mass is 19.4. The number of nitrogens with zero attached hydrogens (tertiary/aromatic N) is 1. The van der Waals surface area contributed by atoms with Crippen LogP contribution in [0.25, 0.3) is 0 Å². The molecule has 1 heterocycles. The minimum atomic E-state index is -4.17. The van der Waals surface area contributed by atoms with E-state index < -0.39 is 18.1 Å². The second-order valence-electron chi connectivity index (χ2n) is 7.61. The van der Waals surface area contributed by atoms with Crippen molar-refractivity contribution in [1.29, 1.82) is 0 Å². The molecule has 0 unspecified atom stereocenters. The van der Waals surface area contributed by atoms with Crippen molar-refractivity contribution in [3.63, 3.8) is 0 Å². The number of carbonyl (C=O) groups is 1. The van der Waals surface area contributed by atoms with Gasteiger partial charge in [-0.25, -0.2) is 0 Å². The van der Waals surface area contributed by atoms with Gasteiger partial charge in [-0.1, -0.05) is 25.0 Å². The van der Waals surface area contributed by atoms with Gasteiger partial charge in [0.2, 0.25) is 0 Å². The number of rotatable bonds is 4. The van der Waals surface area contributed by atoms with Crippen molar-refractivity contribution in [3.8, 4) is 0 Å². The third kappa shape index (κ3) is 5.22. The van der Waals surface area contributed by atoms with Gasteiger partial charge >= 0.3 is 6.18 Å². The highest BCUT2D eigenvalue weighted by Crippen LogP contribution is 2.37. The molecule has 2 aliphatic rings. The summed E-state index contributed by atoms with van der Waals surface area (Å²) < 4.78 is 38.7. The molecule has 1 aromatic carbocycles. The van der Waals surface area contributed by atoms with E-state index in [0.717, 1.165) is 19.6 Å². The monoisotopic (exact) mass is 368 g/mol. The Labute approximate surface area is 152 Å². The summed E-state index contributed by atoms with van der Waals surface area (Å²) in [4.78, 5) is 14.8. The van der Waals surface area contributed by atoms with Gasteiger partial charge in [-0.05, 0) is 62.9 Å². The van der Waals surface area contributed by atoms with Gasteiger partial charge in [0, 0.05) is 18.2 Å². The molecule has 0 radical (unpaired) electrons. The van der Waals surface area contributed by atoms with Crippen molar-refractivity contribution in [2.75, 3.05) is 13.1 Å². The number of likely N-dealkylation sites (tertiary alicyclic amines) is 1. The fraction of sp³-hybridized carbons (Fsp3) is 0.650. The third-order valence-corrected chi connectivity index (χ3v) is 5.54. The molecule has 1 aliphatic carbocycles. The average molecular weight is 368 g/mol. The number of hydrogen-bond donors (Lipinski definition) is 1. The maximum Gasteiger partial charge on any atom is 0.391 e. The normalized spacial score (nSPS) is 25.0. The highest BCUT2D eigenvalue weighted by Gasteiger charge is 2.42. The van der Waals surface area contributed by atoms with Gasteiger partial charge < -0.3 is 5.32 Å². The maximum atomic E-state index is 12.9. The summed E-state index contributed by atoms with van der Waals surface area (Å²) in [6.07, 6.45) is 0.881. The molecule has 3 nitrogen and oxygen atoms in total. The van der Waals surface area contributed by atoms with Gasteiger partial charge in [0.15, 0.2) is 0 Å². The first-order chi connectivity index (χ1) is 12.4. The van der Waals surface area contributed by atoms with Crippen LogP contribution in [0.3, 0.4) is 0 Å². The minimum absolute atomic E-state index is 0.0116. The molecule has 0 spiro atoms. The molecular formula is C20H27F3N2O. The maximum absolute atomic E-state index is 12.9. The van der Waals surface area contributed by atoms with Gasteiger partial charge in [-0.3, -0.25) is 9.69 Å². The molecule has 26 heavy (non-hydrogen) atoms. The Morgan fingerprint density at radius 3 is 2.38 bits per heavy atom. The van der Waals surface area contributed by atoms with Crippen LogP contribution in [0.4, 0.5) is 13.2 Å². The van der Waals surface area contributed by atoms with E-state index >= 15 is 0 Å². The van der Waals surface area contributed by atoms with Gasteiger partial charge in [0.25, 0.3) is 5.91 Å². The van der Waals surface area contributed by atoms with E-state index in [-0.39, 0.29) is 18.7 Å². The van der Waals surface area contributed by atoms with Crippen LogP contribution in [-0.2, 0) is 6.54 Å². The molecule has 1 saturated carbocycles. The van der Waals surface area contributed by atoms with E-state index in [0.29, 0.717) is 18.4 Å². The molecular weight excluding hydrogens is 341 g/mol. The first kappa shape index (κ1) is 19.2. The lowest BCUT2D eigenvalue weighted by molar-refractivity contribution is -0.183. The summed E-state index contributed by atoms with van der Waals surface area (Å²) in [7, 11) is 0. The average Bonchev–Trinajstić information content (AvgIpc) is 2.63. The van der Waals surface area contributed by atoms with Crippen LogP contribution < -0.4 is 5.32 Å². The van der Waals surface area contributed by atoms with Crippen molar-refractivity contribution in [3.05, 3.63) is 35.4 Å². The second-order valence-corrected chi connectivity index (χ2v) is 7.61. The van der Waals surface area contributed by atoms with Gasteiger partial charge in [0.1, 0.15) is 0 Å². The Morgan fingerprint density at radius 2 is 1.73 bits per heavy atom. The fourth-order valence-corrected chi connectivity index (χ4v) is 4.02. The predicted octanol–water partition coefficient (Wildman–Crippen LogP) is 4.52. The predicted molar refractivity (Wildman–Crippen MR) is 94.8 cm³/mol. The summed E-state index contributed by atoms with van der Waals surface area (Å²) in [5, 5.41) is 2.79. The summed E-state index contributed by atoms with van der Waals surface area (Å²) >= 11 is 0. The standard InChI is InChI=1S/C20H27F3N2O/c21-20(22,23)17-5-4-6-18(13-17)24-19(26)16-9-7-15(8-10-16)14-25-11-2-1-3-12-25/h7-10,17-18H,1-6,11-14H2,(H,24,26)/t17-,18-/m1/s1. The van der Waals surface area contributed by atoms with E-state index in [4.69, 9.17) is 0 Å². The first-order valence-corrected chi connectivity index (χ1v) is 9.61. The zero-order valence-corrected chi connectivity index (χ0v) is 15.0. The van der Waals surface area contributed by atoms with E-state index in [1.165, 1.54) is 24.8 Å². The third-order valence-electron chi connectivity index (χ3n) is 5.54. The largest absolute Gasteiger partial charge is 0.391 e. The second kappa shape index (κ2) is 8.42. The van der Waals surface area contributed by atoms with Crippen molar-refractivity contribution in [1.82, 2.24) is 10.2 Å². The Kier molecular flexibility index (Phi) is 6.22. The Hall–Kier alpha value is -1.56. The molecule has 2 atom stereocenters. The molecule has 0 aromatic heterocycles. The van der Waals surface area contributed by atoms with Crippen molar-refractivity contribution in [2.24, 2.45) is 5.92 Å². The molecule has 0 bridgehead atoms. The van der Waals surface area contributed by atoms with Crippen LogP contribution in [0, 0.1) is 5.92 Å². The lowest BCUT2D eigenvalue weighted by Gasteiger charge is -2.31. The van der Waals surface area contributed by atoms with Crippen LogP contribution in [0.1, 0.15) is 60.9 Å². The van der Waals surface area contributed by atoms with Crippen molar-refractivity contribution < 1.29 is 18.0 Å². The van der Waals surface area contributed by atoms with Crippen molar-refractivity contribution in [2.45, 2.75) is 63.7 Å². The first-order valence-electron chi connectivity index (χ1n) is 9.61. The Morgan fingerprint density at radius 1 is 1.04 bits per heavy atom. The summed E-state index contributed by atoms with van der Waals surface area (Å²) in [6.45, 7) is 3.12. The fourth-order valence-electron chi connectivity index (χ4n) is 4.02. The number of piperidine rings is 1. The van der Waals surface area contributed by atoms with Crippen LogP contribution in [0.15, 0.2) is 24.3 Å². The molecule has 2 fully saturated rings. The van der Waals surface area contributed by atoms with Crippen LogP contribution in [0.2, 0.25) is 0 Å². The topological polar surface area (TPSA) is 32.3 Å². The number of carbonyl (C=O) groups excluding carboxylic acids is 1. The zero-order valence-electron chi connectivity index (χ0n) is 15.0. The zero-order chi connectivity index (χ0) is 18.6. The Balaban J connectivity index is 1.53. The van der Waals surface area contributed by atoms with Gasteiger partial charge in [0.05, 0.1) is 5.92 Å². The molecule has 144 valence electrons. The van der Waals surface area contributed by atoms with E-state index in [9.17, 15) is 18.0 Å². The van der Waals surface area contributed by atoms with E-state index in [1.54, 1.807) is 12.1 Å². The van der Waals surface area contributed by atoms with Crippen LogP contribution in [0.5, 0.6) is 0 Å². The lowest BCUT2D eigenvalue weighted by Crippen LogP contribution is -2.41. The lowest BCUT2D eigenvalue weighted by atomic mass is 9.85. The van der Waals surface area contributed by atoms with Crippen LogP contribution >= 0.6 is 0 Å². The quantitative estimate of drug-likeness (QED) is 0.847. The number of halogens is 3. The molecule has 1 N–H and O–H groups in total. The molecule has 1 amide bonds. The molecule has 3 rings (SSSR count). The molecule has 1 aliphatic heterocycles. The Bertz CT molecular complexity index is 594. The minimum Gasteiger partial charge on any atom is -0.349 e. The van der Waals surface area contributed by atoms with Gasteiger partial charge in [-0.2, -0.15) is 13.2 Å². The number of alkyl halides is 3. The molecule has 6 heteroatoms. The summed E-state index contributed by atoms with van der Waals surface area (Å²) in [6, 6.07) is 7.05. The van der Waals surface area contributed by atoms with E-state index in [1.807, 2.05) is 12.1 Å². The molecule has 1 saturated heterocycles. The summed E-state index contributed by atoms with van der Waals surface area (Å²) in [5.41, 5.74) is 1.68. The SMILES string of the molecule is O=C(N[C@@H]1CCC[C@@H](C(F)(F)F)C1)c1ccc(CN2CCCCC2)cc1. The number of hydrogen-bond acceptors (Lipinski definition) is 2. The summed E-state index contributed by atoms with van der Waals surface area (Å²) in [5.74, 6) is -1.57. The smallest absolute Gasteiger partial charge is 0.349 e. The van der Waals surface area contributed by atoms with Gasteiger partial charge in [-0.15, -0.1) is 0 Å². The van der Waals surface area contributed by atoms with Crippen LogP contribution in [-0.4, -0.2) is 36.1 Å².